The van der Waals surface area contributed by atoms with Gasteiger partial charge in [0.1, 0.15) is 19.3 Å². The highest BCUT2D eigenvalue weighted by atomic mass is 31.2. The predicted molar refractivity (Wildman–Crippen MR) is 386 cm³/mol. The number of phosphoric acid groups is 2. The Balaban J connectivity index is 5.18. The molecule has 0 aromatic heterocycles. The van der Waals surface area contributed by atoms with E-state index in [4.69, 9.17) is 37.0 Å². The van der Waals surface area contributed by atoms with Gasteiger partial charge in [-0.2, -0.15) is 0 Å². The number of aliphatic hydroxyl groups excluding tert-OH is 1. The molecule has 3 N–H and O–H groups in total. The number of phosphoric ester groups is 2. The summed E-state index contributed by atoms with van der Waals surface area (Å²) in [6, 6.07) is 0. The van der Waals surface area contributed by atoms with Gasteiger partial charge in [-0.3, -0.25) is 37.3 Å². The smallest absolute Gasteiger partial charge is 0.462 e. The fourth-order valence-corrected chi connectivity index (χ4v) is 13.3. The summed E-state index contributed by atoms with van der Waals surface area (Å²) in [5, 5.41) is 10.6. The monoisotopic (exact) mass is 1400 g/mol. The van der Waals surface area contributed by atoms with Crippen LogP contribution in [0.3, 0.4) is 0 Å². The molecule has 0 rings (SSSR count). The summed E-state index contributed by atoms with van der Waals surface area (Å²) >= 11 is 0. The van der Waals surface area contributed by atoms with Crippen LogP contribution >= 0.6 is 15.6 Å². The fraction of sp³-hybridized carbons (Fsp3) is 0.947. The molecule has 2 unspecified atom stereocenters. The Bertz CT molecular complexity index is 1810. The molecule has 0 bridgehead atoms. The number of rotatable bonds is 77. The molecule has 19 heteroatoms. The van der Waals surface area contributed by atoms with Gasteiger partial charge in [-0.25, -0.2) is 9.13 Å². The number of hydrogen-bond acceptors (Lipinski definition) is 15. The van der Waals surface area contributed by atoms with E-state index in [0.717, 1.165) is 89.9 Å². The highest BCUT2D eigenvalue weighted by Crippen LogP contribution is 2.45. The second kappa shape index (κ2) is 70.5. The molecular formula is C76H148O17P2. The summed E-state index contributed by atoms with van der Waals surface area (Å²) in [7, 11) is -9.90. The minimum absolute atomic E-state index is 0.108. The van der Waals surface area contributed by atoms with Gasteiger partial charge in [-0.15, -0.1) is 0 Å². The van der Waals surface area contributed by atoms with Crippen LogP contribution < -0.4 is 0 Å². The summed E-state index contributed by atoms with van der Waals surface area (Å²) < 4.78 is 68.4. The van der Waals surface area contributed by atoms with Crippen molar-refractivity contribution in [3.63, 3.8) is 0 Å². The first kappa shape index (κ1) is 93.1. The standard InChI is InChI=1S/C76H148O17P2/c1-5-9-13-17-21-25-28-30-32-33-34-35-36-37-38-40-43-47-51-55-59-63-76(81)93-72(67-87-74(79)61-57-53-49-45-42-39-31-29-26-22-18-14-10-6-2)69-91-95(84,85)89-65-70(77)64-88-94(82,83)90-68-71(66-86-73(78)60-56-52-48-44-24-20-16-12-8-4)92-75(80)62-58-54-50-46-41-27-23-19-15-11-7-3/h70-72,77H,5-69H2,1-4H3,(H,82,83)(H,84,85)/t70-,71+,72+/m0/s1. The van der Waals surface area contributed by atoms with Gasteiger partial charge in [0.15, 0.2) is 12.2 Å². The summed E-state index contributed by atoms with van der Waals surface area (Å²) in [6.07, 6.45) is 61.1. The van der Waals surface area contributed by atoms with Crippen molar-refractivity contribution in [2.24, 2.45) is 0 Å². The Morgan fingerprint density at radius 2 is 0.421 bits per heavy atom. The number of aliphatic hydroxyl groups is 1. The van der Waals surface area contributed by atoms with Crippen molar-refractivity contribution >= 4 is 39.5 Å². The van der Waals surface area contributed by atoms with Gasteiger partial charge in [0.2, 0.25) is 0 Å². The van der Waals surface area contributed by atoms with Crippen LogP contribution in [-0.4, -0.2) is 96.7 Å². The molecule has 0 aliphatic carbocycles. The van der Waals surface area contributed by atoms with Gasteiger partial charge in [0, 0.05) is 25.7 Å². The first-order valence-corrected chi connectivity index (χ1v) is 42.8. The Hall–Kier alpha value is -1.94. The largest absolute Gasteiger partial charge is 0.472 e. The first-order valence-electron chi connectivity index (χ1n) is 39.8. The van der Waals surface area contributed by atoms with Crippen molar-refractivity contribution in [1.82, 2.24) is 0 Å². The van der Waals surface area contributed by atoms with Crippen LogP contribution in [0.15, 0.2) is 0 Å². The second-order valence-electron chi connectivity index (χ2n) is 27.4. The molecular weight excluding hydrogens is 1250 g/mol. The van der Waals surface area contributed by atoms with Crippen LogP contribution in [0, 0.1) is 0 Å². The number of unbranched alkanes of at least 4 members (excludes halogenated alkanes) is 51. The van der Waals surface area contributed by atoms with Crippen molar-refractivity contribution in [3.8, 4) is 0 Å². The lowest BCUT2D eigenvalue weighted by molar-refractivity contribution is -0.161. The molecule has 95 heavy (non-hydrogen) atoms. The van der Waals surface area contributed by atoms with E-state index in [1.807, 2.05) is 0 Å². The van der Waals surface area contributed by atoms with E-state index in [-0.39, 0.29) is 25.7 Å². The summed E-state index contributed by atoms with van der Waals surface area (Å²) in [6.45, 7) is 4.97. The van der Waals surface area contributed by atoms with Crippen LogP contribution in [0.25, 0.3) is 0 Å². The molecule has 0 radical (unpaired) electrons. The van der Waals surface area contributed by atoms with E-state index in [0.29, 0.717) is 25.7 Å². The summed E-state index contributed by atoms with van der Waals surface area (Å²) in [4.78, 5) is 72.7. The molecule has 0 spiro atoms. The molecule has 0 aromatic carbocycles. The molecule has 0 fully saturated rings. The van der Waals surface area contributed by atoms with E-state index in [1.54, 1.807) is 0 Å². The Kier molecular flexibility index (Phi) is 69.1. The minimum Gasteiger partial charge on any atom is -0.462 e. The zero-order valence-electron chi connectivity index (χ0n) is 61.6. The van der Waals surface area contributed by atoms with Crippen molar-refractivity contribution in [2.75, 3.05) is 39.6 Å². The number of carbonyl (C=O) groups excluding carboxylic acids is 4. The van der Waals surface area contributed by atoms with Crippen LogP contribution in [0.1, 0.15) is 407 Å². The maximum Gasteiger partial charge on any atom is 0.472 e. The zero-order chi connectivity index (χ0) is 69.7. The topological polar surface area (TPSA) is 237 Å². The molecule has 0 saturated heterocycles. The molecule has 564 valence electrons. The predicted octanol–water partition coefficient (Wildman–Crippen LogP) is 22.6. The van der Waals surface area contributed by atoms with Gasteiger partial charge >= 0.3 is 39.5 Å². The number of esters is 4. The van der Waals surface area contributed by atoms with Gasteiger partial charge in [-0.1, -0.05) is 355 Å². The van der Waals surface area contributed by atoms with Crippen LogP contribution in [0.5, 0.6) is 0 Å². The Morgan fingerprint density at radius 3 is 0.621 bits per heavy atom. The van der Waals surface area contributed by atoms with E-state index >= 15 is 0 Å². The maximum absolute atomic E-state index is 13.1. The molecule has 0 amide bonds. The zero-order valence-corrected chi connectivity index (χ0v) is 63.4. The average molecular weight is 1400 g/mol. The summed E-state index contributed by atoms with van der Waals surface area (Å²) in [5.41, 5.74) is 0. The number of hydrogen-bond donors (Lipinski definition) is 3. The first-order chi connectivity index (χ1) is 46.2. The molecule has 0 aliphatic heterocycles. The van der Waals surface area contributed by atoms with Crippen LogP contribution in [0.4, 0.5) is 0 Å². The van der Waals surface area contributed by atoms with Gasteiger partial charge in [0.25, 0.3) is 0 Å². The normalized spacial score (nSPS) is 13.9. The minimum atomic E-state index is -4.96. The van der Waals surface area contributed by atoms with Crippen molar-refractivity contribution < 1.29 is 80.2 Å². The maximum atomic E-state index is 13.1. The lowest BCUT2D eigenvalue weighted by atomic mass is 10.0. The molecule has 0 heterocycles. The van der Waals surface area contributed by atoms with Gasteiger partial charge < -0.3 is 33.8 Å². The highest BCUT2D eigenvalue weighted by Gasteiger charge is 2.30. The number of ether oxygens (including phenoxy) is 4. The third-order valence-corrected chi connectivity index (χ3v) is 19.8. The lowest BCUT2D eigenvalue weighted by Crippen LogP contribution is -2.30. The van der Waals surface area contributed by atoms with Crippen molar-refractivity contribution in [3.05, 3.63) is 0 Å². The van der Waals surface area contributed by atoms with E-state index < -0.39 is 97.5 Å². The average Bonchev–Trinajstić information content (AvgIpc) is 3.15. The van der Waals surface area contributed by atoms with E-state index in [1.165, 1.54) is 238 Å². The quantitative estimate of drug-likeness (QED) is 0.0222. The van der Waals surface area contributed by atoms with Crippen LogP contribution in [-0.2, 0) is 65.4 Å². The van der Waals surface area contributed by atoms with Crippen molar-refractivity contribution in [2.45, 2.75) is 425 Å². The third-order valence-electron chi connectivity index (χ3n) is 17.9. The van der Waals surface area contributed by atoms with E-state index in [9.17, 15) is 43.2 Å². The Labute approximate surface area is 581 Å². The SMILES string of the molecule is CCCCCCCCCCCCCCCCCCCCCCCC(=O)O[C@H](COC(=O)CCCCCCCCCCCCCCCC)COP(=O)(O)OC[C@@H](O)COP(=O)(O)OC[C@@H](COC(=O)CCCCCCCCCCC)OC(=O)CCCCCCCCCCCCC. The second-order valence-corrected chi connectivity index (χ2v) is 30.3. The molecule has 0 aliphatic rings. The molecule has 0 saturated carbocycles. The van der Waals surface area contributed by atoms with Crippen molar-refractivity contribution in [1.29, 1.82) is 0 Å². The van der Waals surface area contributed by atoms with Gasteiger partial charge in [0.05, 0.1) is 26.4 Å². The van der Waals surface area contributed by atoms with Crippen LogP contribution in [0.2, 0.25) is 0 Å². The number of carbonyl (C=O) groups is 4. The third kappa shape index (κ3) is 70.3. The fourth-order valence-electron chi connectivity index (χ4n) is 11.8. The molecule has 5 atom stereocenters. The molecule has 0 aromatic rings. The summed E-state index contributed by atoms with van der Waals surface area (Å²) in [5.74, 6) is -2.11. The lowest BCUT2D eigenvalue weighted by Gasteiger charge is -2.21. The van der Waals surface area contributed by atoms with E-state index in [2.05, 4.69) is 27.7 Å². The molecule has 17 nitrogen and oxygen atoms in total. The Morgan fingerprint density at radius 1 is 0.253 bits per heavy atom. The van der Waals surface area contributed by atoms with Gasteiger partial charge in [-0.05, 0) is 25.7 Å². The highest BCUT2D eigenvalue weighted by molar-refractivity contribution is 7.47.